The lowest BCUT2D eigenvalue weighted by Crippen LogP contribution is -1.97. The zero-order valence-corrected chi connectivity index (χ0v) is 16.4. The second-order valence-corrected chi connectivity index (χ2v) is 9.92. The summed E-state index contributed by atoms with van der Waals surface area (Å²) in [6, 6.07) is 11.0. The number of anilines is 1. The summed E-state index contributed by atoms with van der Waals surface area (Å²) in [4.78, 5) is 2.72. The van der Waals surface area contributed by atoms with E-state index in [1.807, 2.05) is 11.8 Å². The first-order chi connectivity index (χ1) is 10.2. The summed E-state index contributed by atoms with van der Waals surface area (Å²) in [7, 11) is 0. The van der Waals surface area contributed by atoms with Gasteiger partial charge in [0.15, 0.2) is 0 Å². The summed E-state index contributed by atoms with van der Waals surface area (Å²) in [6.45, 7) is 0.865. The maximum absolute atomic E-state index is 3.53. The van der Waals surface area contributed by atoms with Crippen molar-refractivity contribution in [3.8, 4) is 0 Å². The zero-order valence-electron chi connectivity index (χ0n) is 11.6. The fourth-order valence-corrected chi connectivity index (χ4v) is 5.88. The number of thiophene rings is 1. The summed E-state index contributed by atoms with van der Waals surface area (Å²) in [5.41, 5.74) is 1.19. The van der Waals surface area contributed by atoms with E-state index >= 15 is 0 Å². The molecule has 112 valence electrons. The van der Waals surface area contributed by atoms with Crippen molar-refractivity contribution >= 4 is 60.6 Å². The molecule has 0 radical (unpaired) electrons. The van der Waals surface area contributed by atoms with E-state index in [0.717, 1.165) is 20.1 Å². The molecule has 1 saturated carbocycles. The SMILES string of the molecule is Brc1cc(CNc2ccc(SC3CCCC3)cc2)sc1Br. The fraction of sp³-hybridized carbons (Fsp3) is 0.375. The van der Waals surface area contributed by atoms with Crippen molar-refractivity contribution in [2.45, 2.75) is 42.4 Å². The predicted molar refractivity (Wildman–Crippen MR) is 102 cm³/mol. The summed E-state index contributed by atoms with van der Waals surface area (Å²) in [5, 5.41) is 4.32. The topological polar surface area (TPSA) is 12.0 Å². The molecular weight excluding hydrogens is 430 g/mol. The maximum Gasteiger partial charge on any atom is 0.0843 e. The fourth-order valence-electron chi connectivity index (χ4n) is 2.52. The zero-order chi connectivity index (χ0) is 14.7. The van der Waals surface area contributed by atoms with Crippen LogP contribution in [0.4, 0.5) is 5.69 Å². The van der Waals surface area contributed by atoms with Gasteiger partial charge in [0.25, 0.3) is 0 Å². The van der Waals surface area contributed by atoms with E-state index in [9.17, 15) is 0 Å². The first kappa shape index (κ1) is 15.9. The Morgan fingerprint density at radius 2 is 1.86 bits per heavy atom. The number of nitrogens with one attached hydrogen (secondary N) is 1. The highest BCUT2D eigenvalue weighted by molar-refractivity contribution is 9.13. The highest BCUT2D eigenvalue weighted by Gasteiger charge is 2.15. The van der Waals surface area contributed by atoms with Crippen LogP contribution in [0.3, 0.4) is 0 Å². The van der Waals surface area contributed by atoms with Gasteiger partial charge in [0.05, 0.1) is 3.79 Å². The highest BCUT2D eigenvalue weighted by atomic mass is 79.9. The Morgan fingerprint density at radius 3 is 2.48 bits per heavy atom. The minimum absolute atomic E-state index is 0.838. The molecule has 5 heteroatoms. The third-order valence-electron chi connectivity index (χ3n) is 3.62. The van der Waals surface area contributed by atoms with Gasteiger partial charge in [0.1, 0.15) is 0 Å². The van der Waals surface area contributed by atoms with Crippen molar-refractivity contribution < 1.29 is 0 Å². The number of benzene rings is 1. The van der Waals surface area contributed by atoms with Crippen LogP contribution in [0.1, 0.15) is 30.6 Å². The van der Waals surface area contributed by atoms with Crippen LogP contribution >= 0.6 is 55.0 Å². The van der Waals surface area contributed by atoms with Gasteiger partial charge in [0.2, 0.25) is 0 Å². The van der Waals surface area contributed by atoms with Crippen molar-refractivity contribution in [1.82, 2.24) is 0 Å². The molecule has 0 unspecified atom stereocenters. The Hall–Kier alpha value is 0.0300. The molecule has 0 aliphatic heterocycles. The molecule has 0 atom stereocenters. The van der Waals surface area contributed by atoms with Crippen molar-refractivity contribution in [2.75, 3.05) is 5.32 Å². The van der Waals surface area contributed by atoms with E-state index in [0.29, 0.717) is 0 Å². The molecule has 1 nitrogen and oxygen atoms in total. The summed E-state index contributed by atoms with van der Waals surface area (Å²) in [5.74, 6) is 0. The molecule has 21 heavy (non-hydrogen) atoms. The average molecular weight is 447 g/mol. The van der Waals surface area contributed by atoms with E-state index in [1.54, 1.807) is 11.3 Å². The minimum Gasteiger partial charge on any atom is -0.380 e. The van der Waals surface area contributed by atoms with Gasteiger partial charge in [-0.05, 0) is 75.0 Å². The maximum atomic E-state index is 3.53. The van der Waals surface area contributed by atoms with Crippen LogP contribution in [0.5, 0.6) is 0 Å². The highest BCUT2D eigenvalue weighted by Crippen LogP contribution is 2.35. The van der Waals surface area contributed by atoms with Crippen LogP contribution in [0.2, 0.25) is 0 Å². The third kappa shape index (κ3) is 4.50. The van der Waals surface area contributed by atoms with Crippen LogP contribution in [-0.2, 0) is 6.54 Å². The molecule has 1 heterocycles. The molecule has 2 aromatic rings. The molecule has 1 fully saturated rings. The lowest BCUT2D eigenvalue weighted by Gasteiger charge is -2.10. The predicted octanol–water partition coefficient (Wildman–Crippen LogP) is 6.92. The van der Waals surface area contributed by atoms with Crippen LogP contribution in [0.25, 0.3) is 0 Å². The van der Waals surface area contributed by atoms with Crippen LogP contribution < -0.4 is 5.32 Å². The van der Waals surface area contributed by atoms with Crippen molar-refractivity contribution in [3.63, 3.8) is 0 Å². The first-order valence-corrected chi connectivity index (χ1v) is 10.4. The Kier molecular flexibility index (Phi) is 5.71. The van der Waals surface area contributed by atoms with E-state index in [2.05, 4.69) is 67.5 Å². The van der Waals surface area contributed by atoms with Gasteiger partial charge in [-0.1, -0.05) is 12.8 Å². The Balaban J connectivity index is 1.54. The van der Waals surface area contributed by atoms with Crippen LogP contribution in [0, 0.1) is 0 Å². The number of rotatable bonds is 5. The van der Waals surface area contributed by atoms with Gasteiger partial charge >= 0.3 is 0 Å². The lowest BCUT2D eigenvalue weighted by atomic mass is 10.3. The summed E-state index contributed by atoms with van der Waals surface area (Å²) in [6.07, 6.45) is 5.58. The van der Waals surface area contributed by atoms with Crippen LogP contribution in [0.15, 0.2) is 43.5 Å². The van der Waals surface area contributed by atoms with Gasteiger partial charge in [-0.25, -0.2) is 0 Å². The molecule has 0 saturated heterocycles. The molecule has 3 rings (SSSR count). The average Bonchev–Trinajstić information content (AvgIpc) is 3.09. The van der Waals surface area contributed by atoms with Gasteiger partial charge in [-0.2, -0.15) is 0 Å². The smallest absolute Gasteiger partial charge is 0.0843 e. The van der Waals surface area contributed by atoms with Gasteiger partial charge in [-0.15, -0.1) is 23.1 Å². The Labute approximate surface area is 151 Å². The van der Waals surface area contributed by atoms with Crippen LogP contribution in [-0.4, -0.2) is 5.25 Å². The largest absolute Gasteiger partial charge is 0.380 e. The van der Waals surface area contributed by atoms with Gasteiger partial charge in [-0.3, -0.25) is 0 Å². The van der Waals surface area contributed by atoms with Crippen molar-refractivity contribution in [2.24, 2.45) is 0 Å². The Morgan fingerprint density at radius 1 is 1.14 bits per heavy atom. The summed E-state index contributed by atoms with van der Waals surface area (Å²) < 4.78 is 2.29. The molecule has 1 aromatic heterocycles. The molecule has 0 amide bonds. The molecule has 1 aliphatic rings. The first-order valence-electron chi connectivity index (χ1n) is 7.15. The monoisotopic (exact) mass is 445 g/mol. The van der Waals surface area contributed by atoms with E-state index in [4.69, 9.17) is 0 Å². The van der Waals surface area contributed by atoms with Crippen molar-refractivity contribution in [1.29, 1.82) is 0 Å². The Bertz CT molecular complexity index is 569. The number of halogens is 2. The number of hydrogen-bond donors (Lipinski definition) is 1. The van der Waals surface area contributed by atoms with E-state index in [1.165, 1.54) is 41.1 Å². The molecule has 1 aromatic carbocycles. The lowest BCUT2D eigenvalue weighted by molar-refractivity contribution is 0.886. The molecular formula is C16H17Br2NS2. The van der Waals surface area contributed by atoms with Gasteiger partial charge < -0.3 is 5.32 Å². The molecule has 1 N–H and O–H groups in total. The third-order valence-corrected chi connectivity index (χ3v) is 8.23. The minimum atomic E-state index is 0.838. The van der Waals surface area contributed by atoms with E-state index < -0.39 is 0 Å². The number of hydrogen-bond acceptors (Lipinski definition) is 3. The molecule has 0 spiro atoms. The van der Waals surface area contributed by atoms with Crippen molar-refractivity contribution in [3.05, 3.63) is 43.5 Å². The second kappa shape index (κ2) is 7.53. The standard InChI is InChI=1S/C16H17Br2NS2/c17-15-9-14(21-16(15)18)10-19-11-5-7-13(8-6-11)20-12-3-1-2-4-12/h5-9,12,19H,1-4,10H2. The van der Waals surface area contributed by atoms with E-state index in [-0.39, 0.29) is 0 Å². The number of thioether (sulfide) groups is 1. The summed E-state index contributed by atoms with van der Waals surface area (Å²) >= 11 is 10.9. The quantitative estimate of drug-likeness (QED) is 0.534. The second-order valence-electron chi connectivity index (χ2n) is 5.24. The molecule has 1 aliphatic carbocycles. The normalized spacial score (nSPS) is 15.5. The molecule has 0 bridgehead atoms. The van der Waals surface area contributed by atoms with Gasteiger partial charge in [0, 0.05) is 31.7 Å².